The zero-order valence-electron chi connectivity index (χ0n) is 11.3. The second kappa shape index (κ2) is 5.70. The van der Waals surface area contributed by atoms with Gasteiger partial charge in [0.2, 0.25) is 0 Å². The Morgan fingerprint density at radius 1 is 1.45 bits per heavy atom. The van der Waals surface area contributed by atoms with Crippen LogP contribution in [0.1, 0.15) is 16.8 Å². The highest BCUT2D eigenvalue weighted by atomic mass is 32.2. The van der Waals surface area contributed by atoms with E-state index in [1.807, 2.05) is 0 Å². The van der Waals surface area contributed by atoms with Crippen LogP contribution in [-0.4, -0.2) is 39.5 Å². The van der Waals surface area contributed by atoms with Crippen molar-refractivity contribution in [2.24, 2.45) is 5.92 Å². The minimum absolute atomic E-state index is 0.00750. The number of hydrogen-bond acceptors (Lipinski definition) is 5. The molecule has 1 atom stereocenters. The van der Waals surface area contributed by atoms with Gasteiger partial charge in [0.05, 0.1) is 18.6 Å². The molecule has 1 aliphatic heterocycles. The first-order valence-electron chi connectivity index (χ1n) is 6.33. The van der Waals surface area contributed by atoms with Crippen LogP contribution < -0.4 is 15.8 Å². The zero-order chi connectivity index (χ0) is 14.8. The fraction of sp³-hybridized carbons (Fsp3) is 0.462. The van der Waals surface area contributed by atoms with Gasteiger partial charge in [-0.1, -0.05) is 0 Å². The van der Waals surface area contributed by atoms with Crippen molar-refractivity contribution in [1.82, 2.24) is 5.32 Å². The number of carbonyl (C=O) groups is 1. The van der Waals surface area contributed by atoms with E-state index in [0.29, 0.717) is 30.0 Å². The van der Waals surface area contributed by atoms with Crippen LogP contribution >= 0.6 is 0 Å². The van der Waals surface area contributed by atoms with Gasteiger partial charge in [-0.05, 0) is 24.5 Å². The molecule has 7 heteroatoms. The summed E-state index contributed by atoms with van der Waals surface area (Å²) in [5, 5.41) is 2.74. The predicted molar refractivity (Wildman–Crippen MR) is 76.5 cm³/mol. The van der Waals surface area contributed by atoms with Crippen molar-refractivity contribution >= 4 is 21.4 Å². The standard InChI is InChI=1S/C13H18N2O4S/c1-19-12-5-10(4-11(14)6-12)13(16)15-7-9-2-3-20(17,18)8-9/h4-6,9H,2-3,7-8,14H2,1H3,(H,15,16). The molecule has 0 radical (unpaired) electrons. The van der Waals surface area contributed by atoms with Crippen molar-refractivity contribution in [1.29, 1.82) is 0 Å². The molecule has 0 aliphatic carbocycles. The highest BCUT2D eigenvalue weighted by Gasteiger charge is 2.28. The van der Waals surface area contributed by atoms with Gasteiger partial charge < -0.3 is 15.8 Å². The highest BCUT2D eigenvalue weighted by molar-refractivity contribution is 7.91. The smallest absolute Gasteiger partial charge is 0.251 e. The maximum atomic E-state index is 12.0. The number of nitrogens with two attached hydrogens (primary N) is 1. The number of sulfone groups is 1. The first-order valence-corrected chi connectivity index (χ1v) is 8.15. The molecule has 3 N–H and O–H groups in total. The molecule has 110 valence electrons. The summed E-state index contributed by atoms with van der Waals surface area (Å²) in [6.45, 7) is 0.356. The van der Waals surface area contributed by atoms with E-state index in [4.69, 9.17) is 10.5 Å². The normalized spacial score (nSPS) is 20.6. The molecule has 1 aliphatic rings. The first kappa shape index (κ1) is 14.6. The summed E-state index contributed by atoms with van der Waals surface area (Å²) >= 11 is 0. The van der Waals surface area contributed by atoms with E-state index in [2.05, 4.69) is 5.32 Å². The number of rotatable bonds is 4. The molecule has 20 heavy (non-hydrogen) atoms. The van der Waals surface area contributed by atoms with Crippen LogP contribution in [0.3, 0.4) is 0 Å². The van der Waals surface area contributed by atoms with Gasteiger partial charge in [0.15, 0.2) is 9.84 Å². The Labute approximate surface area is 118 Å². The van der Waals surface area contributed by atoms with Crippen LogP contribution in [0, 0.1) is 5.92 Å². The Bertz CT molecular complexity index is 613. The molecule has 1 unspecified atom stereocenters. The zero-order valence-corrected chi connectivity index (χ0v) is 12.1. The summed E-state index contributed by atoms with van der Waals surface area (Å²) in [6, 6.07) is 4.78. The van der Waals surface area contributed by atoms with E-state index in [0.717, 1.165) is 0 Å². The lowest BCUT2D eigenvalue weighted by molar-refractivity contribution is 0.0948. The maximum Gasteiger partial charge on any atom is 0.251 e. The lowest BCUT2D eigenvalue weighted by Crippen LogP contribution is -2.29. The van der Waals surface area contributed by atoms with E-state index in [9.17, 15) is 13.2 Å². The van der Waals surface area contributed by atoms with Gasteiger partial charge >= 0.3 is 0 Å². The minimum atomic E-state index is -2.92. The van der Waals surface area contributed by atoms with Crippen LogP contribution in [0.25, 0.3) is 0 Å². The van der Waals surface area contributed by atoms with Gasteiger partial charge in [0, 0.05) is 23.9 Å². The number of nitrogens with one attached hydrogen (secondary N) is 1. The molecule has 2 rings (SSSR count). The third-order valence-corrected chi connectivity index (χ3v) is 5.14. The number of ether oxygens (including phenoxy) is 1. The monoisotopic (exact) mass is 298 g/mol. The number of amides is 1. The number of carbonyl (C=O) groups excluding carboxylic acids is 1. The number of methoxy groups -OCH3 is 1. The van der Waals surface area contributed by atoms with Crippen molar-refractivity contribution in [2.45, 2.75) is 6.42 Å². The molecule has 1 fully saturated rings. The Kier molecular flexibility index (Phi) is 4.17. The third kappa shape index (κ3) is 3.63. The largest absolute Gasteiger partial charge is 0.497 e. The maximum absolute atomic E-state index is 12.0. The molecule has 1 aromatic carbocycles. The fourth-order valence-corrected chi connectivity index (χ4v) is 4.10. The molecule has 0 spiro atoms. The minimum Gasteiger partial charge on any atom is -0.497 e. The molecule has 6 nitrogen and oxygen atoms in total. The van der Waals surface area contributed by atoms with Gasteiger partial charge in [-0.3, -0.25) is 4.79 Å². The first-order chi connectivity index (χ1) is 9.39. The van der Waals surface area contributed by atoms with Gasteiger partial charge in [0.25, 0.3) is 5.91 Å². The number of nitrogen functional groups attached to an aromatic ring is 1. The van der Waals surface area contributed by atoms with Crippen molar-refractivity contribution in [3.05, 3.63) is 23.8 Å². The summed E-state index contributed by atoms with van der Waals surface area (Å²) in [6.07, 6.45) is 0.600. The summed E-state index contributed by atoms with van der Waals surface area (Å²) in [5.41, 5.74) is 6.54. The van der Waals surface area contributed by atoms with Crippen molar-refractivity contribution in [3.63, 3.8) is 0 Å². The van der Waals surface area contributed by atoms with Gasteiger partial charge in [-0.2, -0.15) is 0 Å². The summed E-state index contributed by atoms with van der Waals surface area (Å²) in [4.78, 5) is 12.0. The van der Waals surface area contributed by atoms with E-state index in [1.165, 1.54) is 7.11 Å². The summed E-state index contributed by atoms with van der Waals surface area (Å²) < 4.78 is 27.7. The van der Waals surface area contributed by atoms with Crippen LogP contribution in [-0.2, 0) is 9.84 Å². The molecule has 1 saturated heterocycles. The van der Waals surface area contributed by atoms with Crippen molar-refractivity contribution in [2.75, 3.05) is 30.9 Å². The lowest BCUT2D eigenvalue weighted by Gasteiger charge is -2.11. The SMILES string of the molecule is COc1cc(N)cc(C(=O)NCC2CCS(=O)(=O)C2)c1. The van der Waals surface area contributed by atoms with E-state index >= 15 is 0 Å². The molecule has 0 aromatic heterocycles. The quantitative estimate of drug-likeness (QED) is 0.786. The second-order valence-electron chi connectivity index (χ2n) is 4.97. The number of anilines is 1. The third-order valence-electron chi connectivity index (χ3n) is 3.30. The van der Waals surface area contributed by atoms with Gasteiger partial charge in [-0.15, -0.1) is 0 Å². The summed E-state index contributed by atoms with van der Waals surface area (Å²) in [7, 11) is -1.42. The van der Waals surface area contributed by atoms with E-state index in [-0.39, 0.29) is 23.3 Å². The van der Waals surface area contributed by atoms with E-state index in [1.54, 1.807) is 18.2 Å². The average Bonchev–Trinajstić information content (AvgIpc) is 2.74. The van der Waals surface area contributed by atoms with Crippen LogP contribution in [0.4, 0.5) is 5.69 Å². The number of hydrogen-bond donors (Lipinski definition) is 2. The molecule has 0 saturated carbocycles. The number of benzene rings is 1. The Hall–Kier alpha value is -1.76. The lowest BCUT2D eigenvalue weighted by atomic mass is 10.1. The van der Waals surface area contributed by atoms with E-state index < -0.39 is 9.84 Å². The van der Waals surface area contributed by atoms with Crippen molar-refractivity contribution < 1.29 is 17.9 Å². The molecule has 1 heterocycles. The van der Waals surface area contributed by atoms with Gasteiger partial charge in [0.1, 0.15) is 5.75 Å². The highest BCUT2D eigenvalue weighted by Crippen LogP contribution is 2.20. The molecular weight excluding hydrogens is 280 g/mol. The second-order valence-corrected chi connectivity index (χ2v) is 7.20. The molecule has 0 bridgehead atoms. The topological polar surface area (TPSA) is 98.5 Å². The average molecular weight is 298 g/mol. The Balaban J connectivity index is 1.97. The summed E-state index contributed by atoms with van der Waals surface area (Å²) in [5.74, 6) is 0.582. The van der Waals surface area contributed by atoms with Crippen LogP contribution in [0.5, 0.6) is 5.75 Å². The molecule has 1 amide bonds. The van der Waals surface area contributed by atoms with Crippen LogP contribution in [0.15, 0.2) is 18.2 Å². The van der Waals surface area contributed by atoms with Crippen molar-refractivity contribution in [3.8, 4) is 5.75 Å². The predicted octanol–water partition coefficient (Wildman–Crippen LogP) is 0.442. The molecule has 1 aromatic rings. The fourth-order valence-electron chi connectivity index (χ4n) is 2.24. The Morgan fingerprint density at radius 3 is 2.80 bits per heavy atom. The van der Waals surface area contributed by atoms with Gasteiger partial charge in [-0.25, -0.2) is 8.42 Å². The Morgan fingerprint density at radius 2 is 2.20 bits per heavy atom. The molecular formula is C13H18N2O4S. The van der Waals surface area contributed by atoms with Crippen LogP contribution in [0.2, 0.25) is 0 Å².